The van der Waals surface area contributed by atoms with E-state index in [0.29, 0.717) is 0 Å². The Labute approximate surface area is 382 Å². The predicted octanol–water partition coefficient (Wildman–Crippen LogP) is 15.1. The van der Waals surface area contributed by atoms with E-state index in [1.54, 1.807) is 48.5 Å². The summed E-state index contributed by atoms with van der Waals surface area (Å²) in [4.78, 5) is 0. The first-order chi connectivity index (χ1) is 30.3. The summed E-state index contributed by atoms with van der Waals surface area (Å²) in [6.45, 7) is 0. The molecule has 0 fully saturated rings. The summed E-state index contributed by atoms with van der Waals surface area (Å²) < 4.78 is 2.07. The number of halogens is 2. The first-order valence-electron chi connectivity index (χ1n) is 19.9. The minimum absolute atomic E-state index is 0.0503. The summed E-state index contributed by atoms with van der Waals surface area (Å²) >= 11 is 6.92. The quantitative estimate of drug-likeness (QED) is 0.125. The van der Waals surface area contributed by atoms with Gasteiger partial charge in [-0.15, -0.1) is 0 Å². The van der Waals surface area contributed by atoms with E-state index in [9.17, 15) is 20.4 Å². The summed E-state index contributed by atoms with van der Waals surface area (Å²) in [5.41, 5.74) is 6.66. The summed E-state index contributed by atoms with van der Waals surface area (Å²) in [7, 11) is 0. The van der Waals surface area contributed by atoms with Crippen molar-refractivity contribution in [3.05, 3.63) is 297 Å². The second-order valence-corrected chi connectivity index (χ2v) is 15.6. The summed E-state index contributed by atoms with van der Waals surface area (Å²) in [5, 5.41) is 38.1. The fourth-order valence-electron chi connectivity index (χ4n) is 6.29. The van der Waals surface area contributed by atoms with Crippen LogP contribution in [0.4, 0.5) is 0 Å². The third-order valence-electron chi connectivity index (χ3n) is 9.31. The van der Waals surface area contributed by atoms with Crippen LogP contribution in [0.3, 0.4) is 0 Å². The number of phenolic OH excluding ortho intramolecular Hbond substituents is 4. The highest BCUT2D eigenvalue weighted by Crippen LogP contribution is 2.35. The molecule has 310 valence electrons. The van der Waals surface area contributed by atoms with Crippen molar-refractivity contribution in [2.75, 3.05) is 0 Å². The van der Waals surface area contributed by atoms with Gasteiger partial charge in [0.05, 0.1) is 0 Å². The number of rotatable bonds is 6. The number of benzene rings is 9. The van der Waals surface area contributed by atoms with E-state index < -0.39 is 0 Å². The largest absolute Gasteiger partial charge is 0.508 e. The maximum absolute atomic E-state index is 9.51. The first-order valence-corrected chi connectivity index (χ1v) is 21.5. The second kappa shape index (κ2) is 25.7. The Kier molecular flexibility index (Phi) is 19.1. The van der Waals surface area contributed by atoms with Crippen LogP contribution in [-0.4, -0.2) is 20.4 Å². The van der Waals surface area contributed by atoms with E-state index in [4.69, 9.17) is 0 Å². The van der Waals surface area contributed by atoms with Crippen LogP contribution < -0.4 is 0 Å². The summed E-state index contributed by atoms with van der Waals surface area (Å²) in [5.74, 6) is 1.12. The lowest BCUT2D eigenvalue weighted by atomic mass is 9.85. The Hall–Kier alpha value is -6.86. The van der Waals surface area contributed by atoms with Crippen LogP contribution in [-0.2, 0) is 0 Å². The molecule has 0 radical (unpaired) electrons. The molecular formula is C56H48Br2O4. The highest BCUT2D eigenvalue weighted by atomic mass is 79.9. The zero-order valence-electron chi connectivity index (χ0n) is 33.9. The van der Waals surface area contributed by atoms with Gasteiger partial charge in [0.25, 0.3) is 0 Å². The molecule has 0 amide bonds. The lowest BCUT2D eigenvalue weighted by Gasteiger charge is -2.19. The number of hydrogen-bond donors (Lipinski definition) is 4. The van der Waals surface area contributed by atoms with Gasteiger partial charge in [-0.2, -0.15) is 0 Å². The Morgan fingerprint density at radius 1 is 0.210 bits per heavy atom. The van der Waals surface area contributed by atoms with Crippen molar-refractivity contribution in [1.29, 1.82) is 0 Å². The third kappa shape index (κ3) is 16.0. The van der Waals surface area contributed by atoms with Crippen LogP contribution in [0, 0.1) is 0 Å². The Morgan fingerprint density at radius 3 is 0.484 bits per heavy atom. The topological polar surface area (TPSA) is 80.9 Å². The van der Waals surface area contributed by atoms with Crippen LogP contribution in [0.1, 0.15) is 45.2 Å². The molecule has 0 aliphatic heterocycles. The van der Waals surface area contributed by atoms with Gasteiger partial charge in [-0.05, 0) is 106 Å². The van der Waals surface area contributed by atoms with E-state index in [0.717, 1.165) is 42.3 Å². The van der Waals surface area contributed by atoms with Gasteiger partial charge in [0, 0.05) is 20.8 Å². The lowest BCUT2D eigenvalue weighted by molar-refractivity contribution is 0.474. The minimum atomic E-state index is 0.0503. The molecule has 0 saturated carbocycles. The van der Waals surface area contributed by atoms with Crippen molar-refractivity contribution < 1.29 is 20.4 Å². The Morgan fingerprint density at radius 2 is 0.339 bits per heavy atom. The second-order valence-electron chi connectivity index (χ2n) is 13.8. The van der Waals surface area contributed by atoms with Gasteiger partial charge in [0.1, 0.15) is 23.0 Å². The van der Waals surface area contributed by atoms with Crippen LogP contribution >= 0.6 is 31.9 Å². The van der Waals surface area contributed by atoms with Gasteiger partial charge in [-0.3, -0.25) is 0 Å². The smallest absolute Gasteiger partial charge is 0.115 e. The molecule has 0 aliphatic carbocycles. The maximum atomic E-state index is 9.51. The maximum Gasteiger partial charge on any atom is 0.115 e. The van der Waals surface area contributed by atoms with Gasteiger partial charge in [-0.25, -0.2) is 0 Å². The fraction of sp³-hybridized carbons (Fsp3) is 0.0357. The van der Waals surface area contributed by atoms with Crippen molar-refractivity contribution in [2.45, 2.75) is 11.8 Å². The average molecular weight is 945 g/mol. The van der Waals surface area contributed by atoms with Gasteiger partial charge >= 0.3 is 0 Å². The summed E-state index contributed by atoms with van der Waals surface area (Å²) in [6, 6.07) is 81.4. The molecule has 0 atom stereocenters. The molecule has 9 rings (SSSR count). The third-order valence-corrected chi connectivity index (χ3v) is 10.4. The van der Waals surface area contributed by atoms with Gasteiger partial charge in [0.15, 0.2) is 0 Å². The molecule has 4 N–H and O–H groups in total. The lowest BCUT2D eigenvalue weighted by Crippen LogP contribution is -2.03. The molecule has 9 aromatic rings. The van der Waals surface area contributed by atoms with E-state index in [-0.39, 0.29) is 34.8 Å². The van der Waals surface area contributed by atoms with Gasteiger partial charge < -0.3 is 20.4 Å². The van der Waals surface area contributed by atoms with Crippen LogP contribution in [0.2, 0.25) is 0 Å². The minimum Gasteiger partial charge on any atom is -0.508 e. The molecule has 0 aliphatic rings. The van der Waals surface area contributed by atoms with Crippen molar-refractivity contribution >= 4 is 31.9 Å². The van der Waals surface area contributed by atoms with Gasteiger partial charge in [0.2, 0.25) is 0 Å². The summed E-state index contributed by atoms with van der Waals surface area (Å²) in [6.07, 6.45) is 0. The van der Waals surface area contributed by atoms with Crippen LogP contribution in [0.15, 0.2) is 264 Å². The number of aromatic hydroxyl groups is 4. The normalized spacial score (nSPS) is 10.0. The van der Waals surface area contributed by atoms with E-state index in [1.165, 1.54) is 0 Å². The van der Waals surface area contributed by atoms with Gasteiger partial charge in [-0.1, -0.05) is 214 Å². The molecule has 9 aromatic carbocycles. The van der Waals surface area contributed by atoms with Crippen molar-refractivity contribution in [1.82, 2.24) is 0 Å². The molecule has 0 unspecified atom stereocenters. The first kappa shape index (κ1) is 46.2. The van der Waals surface area contributed by atoms with E-state index >= 15 is 0 Å². The zero-order valence-corrected chi connectivity index (χ0v) is 37.1. The average Bonchev–Trinajstić information content (AvgIpc) is 3.33. The molecule has 0 aromatic heterocycles. The van der Waals surface area contributed by atoms with Crippen LogP contribution in [0.25, 0.3) is 0 Å². The van der Waals surface area contributed by atoms with E-state index in [1.807, 2.05) is 182 Å². The predicted molar refractivity (Wildman–Crippen MR) is 262 cm³/mol. The van der Waals surface area contributed by atoms with E-state index in [2.05, 4.69) is 56.1 Å². The molecule has 0 heterocycles. The number of hydrogen-bond acceptors (Lipinski definition) is 4. The molecule has 4 nitrogen and oxygen atoms in total. The molecule has 0 spiro atoms. The Bertz CT molecular complexity index is 2010. The number of phenols is 4. The molecule has 62 heavy (non-hydrogen) atoms. The Balaban J connectivity index is 0.000000167. The highest BCUT2D eigenvalue weighted by Gasteiger charge is 2.18. The molecular weight excluding hydrogens is 896 g/mol. The van der Waals surface area contributed by atoms with Crippen molar-refractivity contribution in [3.8, 4) is 23.0 Å². The zero-order chi connectivity index (χ0) is 43.8. The molecule has 6 heteroatoms. The van der Waals surface area contributed by atoms with Crippen molar-refractivity contribution in [3.63, 3.8) is 0 Å². The molecule has 0 saturated heterocycles. The fourth-order valence-corrected chi connectivity index (χ4v) is 6.82. The van der Waals surface area contributed by atoms with Crippen molar-refractivity contribution in [2.24, 2.45) is 0 Å². The van der Waals surface area contributed by atoms with Crippen LogP contribution in [0.5, 0.6) is 23.0 Å². The molecule has 0 bridgehead atoms. The SMILES string of the molecule is Oc1ccc(C(c2ccc(O)cc2)c2ccc(Br)cc2)cc1.Oc1ccc(C(c2ccc(O)cc2)c2ccc(Br)cc2)cc1.c1ccccc1.c1ccccc1.c1ccccc1. The monoisotopic (exact) mass is 942 g/mol. The standard InChI is InChI=1S/2C19H15BrO2.3C6H6/c2*20-16-7-1-13(2-8-16)19(14-3-9-17(21)10-4-14)15-5-11-18(22)12-6-15;3*1-2-4-6-5-3-1/h2*1-12,19,21-22H;3*1-6H. The highest BCUT2D eigenvalue weighted by molar-refractivity contribution is 9.10.